The number of hydrogen-bond acceptors (Lipinski definition) is 3. The van der Waals surface area contributed by atoms with Crippen molar-refractivity contribution in [1.29, 1.82) is 0 Å². The maximum atomic E-state index is 5.99. The molecule has 0 aliphatic heterocycles. The molecule has 108 valence electrons. The number of nitrogens with two attached hydrogens (primary N) is 1. The summed E-state index contributed by atoms with van der Waals surface area (Å²) in [5, 5.41) is 0. The Morgan fingerprint density at radius 1 is 1.11 bits per heavy atom. The molecule has 1 aliphatic carbocycles. The van der Waals surface area contributed by atoms with E-state index in [4.69, 9.17) is 10.5 Å². The Balaban J connectivity index is 2.34. The van der Waals surface area contributed by atoms with Crippen LogP contribution in [-0.2, 0) is 4.74 Å². The number of ether oxygens (including phenoxy) is 1. The van der Waals surface area contributed by atoms with Gasteiger partial charge < -0.3 is 10.5 Å². The summed E-state index contributed by atoms with van der Waals surface area (Å²) in [6, 6.07) is 1.17. The van der Waals surface area contributed by atoms with Gasteiger partial charge in [0.1, 0.15) is 0 Å². The van der Waals surface area contributed by atoms with Crippen LogP contribution in [0.15, 0.2) is 0 Å². The predicted molar refractivity (Wildman–Crippen MR) is 77.8 cm³/mol. The standard InChI is InChI=1S/C15H32N2O/c1-5-10-17(11-12-18-15(2,3)4)14-8-6-13(16)7-9-14/h13-14H,5-12,16H2,1-4H3. The van der Waals surface area contributed by atoms with Crippen molar-refractivity contribution < 1.29 is 4.74 Å². The van der Waals surface area contributed by atoms with Crippen LogP contribution in [0.4, 0.5) is 0 Å². The summed E-state index contributed by atoms with van der Waals surface area (Å²) in [5.74, 6) is 0. The molecule has 1 rings (SSSR count). The van der Waals surface area contributed by atoms with Crippen LogP contribution in [0.2, 0.25) is 0 Å². The van der Waals surface area contributed by atoms with Gasteiger partial charge in [-0.3, -0.25) is 4.90 Å². The van der Waals surface area contributed by atoms with Gasteiger partial charge >= 0.3 is 0 Å². The molecule has 3 heteroatoms. The summed E-state index contributed by atoms with van der Waals surface area (Å²) < 4.78 is 5.85. The lowest BCUT2D eigenvalue weighted by atomic mass is 9.90. The highest BCUT2D eigenvalue weighted by molar-refractivity contribution is 4.81. The van der Waals surface area contributed by atoms with E-state index in [-0.39, 0.29) is 5.60 Å². The van der Waals surface area contributed by atoms with Crippen LogP contribution in [0.3, 0.4) is 0 Å². The Hall–Kier alpha value is -0.120. The van der Waals surface area contributed by atoms with Gasteiger partial charge in [-0.05, 0) is 59.4 Å². The lowest BCUT2D eigenvalue weighted by Gasteiger charge is -2.36. The SMILES string of the molecule is CCCN(CCOC(C)(C)C)C1CCC(N)CC1. The highest BCUT2D eigenvalue weighted by atomic mass is 16.5. The van der Waals surface area contributed by atoms with Gasteiger partial charge in [-0.1, -0.05) is 6.92 Å². The van der Waals surface area contributed by atoms with E-state index in [1.165, 1.54) is 38.6 Å². The largest absolute Gasteiger partial charge is 0.375 e. The Labute approximate surface area is 113 Å². The molecule has 0 heterocycles. The summed E-state index contributed by atoms with van der Waals surface area (Å²) >= 11 is 0. The minimum Gasteiger partial charge on any atom is -0.375 e. The second-order valence-electron chi connectivity index (χ2n) is 6.57. The normalized spacial score (nSPS) is 25.7. The van der Waals surface area contributed by atoms with E-state index in [0.29, 0.717) is 6.04 Å². The lowest BCUT2D eigenvalue weighted by Crippen LogP contribution is -2.43. The van der Waals surface area contributed by atoms with Crippen molar-refractivity contribution >= 4 is 0 Å². The van der Waals surface area contributed by atoms with Gasteiger partial charge in [0.25, 0.3) is 0 Å². The summed E-state index contributed by atoms with van der Waals surface area (Å²) in [4.78, 5) is 2.61. The zero-order valence-electron chi connectivity index (χ0n) is 12.7. The molecule has 0 bridgehead atoms. The van der Waals surface area contributed by atoms with Crippen molar-refractivity contribution in [3.63, 3.8) is 0 Å². The molecule has 0 radical (unpaired) electrons. The van der Waals surface area contributed by atoms with Crippen LogP contribution in [-0.4, -0.2) is 42.3 Å². The Morgan fingerprint density at radius 3 is 2.22 bits per heavy atom. The third kappa shape index (κ3) is 6.17. The first kappa shape index (κ1) is 15.9. The van der Waals surface area contributed by atoms with Gasteiger partial charge in [0.15, 0.2) is 0 Å². The molecule has 1 saturated carbocycles. The van der Waals surface area contributed by atoms with Gasteiger partial charge in [-0.2, -0.15) is 0 Å². The fourth-order valence-electron chi connectivity index (χ4n) is 2.70. The highest BCUT2D eigenvalue weighted by Gasteiger charge is 2.23. The van der Waals surface area contributed by atoms with Crippen LogP contribution in [0.5, 0.6) is 0 Å². The monoisotopic (exact) mass is 256 g/mol. The lowest BCUT2D eigenvalue weighted by molar-refractivity contribution is -0.0199. The topological polar surface area (TPSA) is 38.5 Å². The molecule has 0 aromatic rings. The molecule has 3 nitrogen and oxygen atoms in total. The molecular formula is C15H32N2O. The second-order valence-corrected chi connectivity index (χ2v) is 6.57. The first-order valence-electron chi connectivity index (χ1n) is 7.56. The summed E-state index contributed by atoms with van der Waals surface area (Å²) in [7, 11) is 0. The number of rotatable bonds is 6. The van der Waals surface area contributed by atoms with E-state index in [1.54, 1.807) is 0 Å². The van der Waals surface area contributed by atoms with Gasteiger partial charge in [-0.15, -0.1) is 0 Å². The van der Waals surface area contributed by atoms with Crippen molar-refractivity contribution in [3.05, 3.63) is 0 Å². The third-order valence-electron chi connectivity index (χ3n) is 3.68. The summed E-state index contributed by atoms with van der Waals surface area (Å²) in [6.07, 6.45) is 6.11. The number of hydrogen-bond donors (Lipinski definition) is 1. The summed E-state index contributed by atoms with van der Waals surface area (Å²) in [6.45, 7) is 11.7. The van der Waals surface area contributed by atoms with Gasteiger partial charge in [-0.25, -0.2) is 0 Å². The van der Waals surface area contributed by atoms with Crippen molar-refractivity contribution in [2.24, 2.45) is 5.73 Å². The average Bonchev–Trinajstić information content (AvgIpc) is 2.27. The third-order valence-corrected chi connectivity index (χ3v) is 3.68. The molecule has 1 fully saturated rings. The van der Waals surface area contributed by atoms with Gasteiger partial charge in [0.2, 0.25) is 0 Å². The van der Waals surface area contributed by atoms with E-state index < -0.39 is 0 Å². The molecule has 0 saturated heterocycles. The van der Waals surface area contributed by atoms with Crippen LogP contribution in [0, 0.1) is 0 Å². The first-order valence-corrected chi connectivity index (χ1v) is 7.56. The molecule has 2 N–H and O–H groups in total. The maximum Gasteiger partial charge on any atom is 0.0600 e. The first-order chi connectivity index (χ1) is 8.42. The van der Waals surface area contributed by atoms with E-state index in [9.17, 15) is 0 Å². The van der Waals surface area contributed by atoms with Crippen LogP contribution in [0.1, 0.15) is 59.8 Å². The maximum absolute atomic E-state index is 5.99. The van der Waals surface area contributed by atoms with Crippen LogP contribution in [0.25, 0.3) is 0 Å². The molecule has 0 unspecified atom stereocenters. The minimum absolute atomic E-state index is 0.0210. The van der Waals surface area contributed by atoms with Crippen molar-refractivity contribution in [2.75, 3.05) is 19.7 Å². The van der Waals surface area contributed by atoms with Crippen molar-refractivity contribution in [3.8, 4) is 0 Å². The highest BCUT2D eigenvalue weighted by Crippen LogP contribution is 2.22. The Bertz CT molecular complexity index is 217. The fourth-order valence-corrected chi connectivity index (χ4v) is 2.70. The van der Waals surface area contributed by atoms with Gasteiger partial charge in [0.05, 0.1) is 12.2 Å². The molecule has 0 atom stereocenters. The smallest absolute Gasteiger partial charge is 0.0600 e. The number of nitrogens with zero attached hydrogens (tertiary/aromatic N) is 1. The van der Waals surface area contributed by atoms with Crippen molar-refractivity contribution in [1.82, 2.24) is 4.90 Å². The Morgan fingerprint density at radius 2 is 1.72 bits per heavy atom. The second kappa shape index (κ2) is 7.46. The molecular weight excluding hydrogens is 224 g/mol. The van der Waals surface area contributed by atoms with Crippen molar-refractivity contribution in [2.45, 2.75) is 77.5 Å². The molecule has 0 amide bonds. The minimum atomic E-state index is -0.0210. The molecule has 1 aliphatic rings. The quantitative estimate of drug-likeness (QED) is 0.794. The van der Waals surface area contributed by atoms with Gasteiger partial charge in [0, 0.05) is 18.6 Å². The van der Waals surface area contributed by atoms with E-state index in [0.717, 1.165) is 19.2 Å². The van der Waals surface area contributed by atoms with E-state index >= 15 is 0 Å². The van der Waals surface area contributed by atoms with Crippen LogP contribution >= 0.6 is 0 Å². The zero-order chi connectivity index (χ0) is 13.6. The Kier molecular flexibility index (Phi) is 6.61. The predicted octanol–water partition coefficient (Wildman–Crippen LogP) is 2.78. The van der Waals surface area contributed by atoms with E-state index in [2.05, 4.69) is 32.6 Å². The average molecular weight is 256 g/mol. The van der Waals surface area contributed by atoms with E-state index in [1.807, 2.05) is 0 Å². The molecule has 18 heavy (non-hydrogen) atoms. The van der Waals surface area contributed by atoms with Crippen LogP contribution < -0.4 is 5.73 Å². The molecule has 0 spiro atoms. The summed E-state index contributed by atoms with van der Waals surface area (Å²) in [5.41, 5.74) is 5.96. The molecule has 0 aromatic heterocycles. The zero-order valence-corrected chi connectivity index (χ0v) is 12.7. The molecule has 0 aromatic carbocycles. The fraction of sp³-hybridized carbons (Fsp3) is 1.00.